The number of thiocarbonyl (C=S) groups is 1. The fourth-order valence-corrected chi connectivity index (χ4v) is 1.22. The molecule has 0 atom stereocenters. The Bertz CT molecular complexity index is 434. The van der Waals surface area contributed by atoms with Crippen molar-refractivity contribution in [3.63, 3.8) is 0 Å². The number of nitrogens with zero attached hydrogens (tertiary/aromatic N) is 2. The van der Waals surface area contributed by atoms with Gasteiger partial charge in [0, 0.05) is 6.20 Å². The van der Waals surface area contributed by atoms with E-state index in [9.17, 15) is 13.2 Å². The molecule has 1 aromatic heterocycles. The standard InChI is InChI=1S/C10H9F3N2S/c1-6(2)7-3-8(10(11,12)13)9(14-4-7)15-5-16/h3-4,6H,1-2H3. The molecule has 1 aromatic rings. The molecule has 16 heavy (non-hydrogen) atoms. The van der Waals surface area contributed by atoms with Crippen LogP contribution in [0.5, 0.6) is 0 Å². The quantitative estimate of drug-likeness (QED) is 0.583. The van der Waals surface area contributed by atoms with Gasteiger partial charge in [-0.2, -0.15) is 18.2 Å². The third-order valence-electron chi connectivity index (χ3n) is 2.01. The number of isothiocyanates is 1. The van der Waals surface area contributed by atoms with Crippen LogP contribution in [0.4, 0.5) is 19.0 Å². The number of halogens is 3. The van der Waals surface area contributed by atoms with Gasteiger partial charge in [-0.3, -0.25) is 0 Å². The molecule has 0 aromatic carbocycles. The summed E-state index contributed by atoms with van der Waals surface area (Å²) in [6.45, 7) is 3.58. The molecule has 1 heterocycles. The molecule has 0 radical (unpaired) electrons. The van der Waals surface area contributed by atoms with Crippen LogP contribution < -0.4 is 0 Å². The fourth-order valence-electron chi connectivity index (χ4n) is 1.13. The normalized spacial score (nSPS) is 11.4. The van der Waals surface area contributed by atoms with Crippen LogP contribution in [-0.4, -0.2) is 10.1 Å². The minimum atomic E-state index is -4.48. The van der Waals surface area contributed by atoms with Gasteiger partial charge < -0.3 is 0 Å². The zero-order valence-electron chi connectivity index (χ0n) is 8.67. The average Bonchev–Trinajstić information content (AvgIpc) is 2.16. The Balaban J connectivity index is 3.38. The molecule has 0 aliphatic heterocycles. The highest BCUT2D eigenvalue weighted by molar-refractivity contribution is 7.78. The second-order valence-corrected chi connectivity index (χ2v) is 3.68. The van der Waals surface area contributed by atoms with Gasteiger partial charge in [-0.05, 0) is 29.8 Å². The van der Waals surface area contributed by atoms with E-state index in [1.807, 2.05) is 5.16 Å². The van der Waals surface area contributed by atoms with Crippen LogP contribution in [0.1, 0.15) is 30.9 Å². The predicted octanol–water partition coefficient (Wildman–Crippen LogP) is 3.96. The van der Waals surface area contributed by atoms with Crippen molar-refractivity contribution in [3.8, 4) is 0 Å². The lowest BCUT2D eigenvalue weighted by atomic mass is 10.0. The Hall–Kier alpha value is -1.26. The Kier molecular flexibility index (Phi) is 3.78. The Morgan fingerprint density at radius 1 is 1.44 bits per heavy atom. The fraction of sp³-hybridized carbons (Fsp3) is 0.400. The van der Waals surface area contributed by atoms with Crippen LogP contribution in [0.2, 0.25) is 0 Å². The second-order valence-electron chi connectivity index (χ2n) is 3.50. The van der Waals surface area contributed by atoms with Crippen LogP contribution >= 0.6 is 12.2 Å². The Morgan fingerprint density at radius 2 is 2.06 bits per heavy atom. The third kappa shape index (κ3) is 2.87. The van der Waals surface area contributed by atoms with Crippen molar-refractivity contribution in [1.82, 2.24) is 4.98 Å². The molecule has 0 spiro atoms. The Morgan fingerprint density at radius 3 is 2.50 bits per heavy atom. The maximum Gasteiger partial charge on any atom is 0.420 e. The van der Waals surface area contributed by atoms with E-state index in [4.69, 9.17) is 0 Å². The van der Waals surface area contributed by atoms with Crippen LogP contribution in [0.3, 0.4) is 0 Å². The van der Waals surface area contributed by atoms with E-state index in [-0.39, 0.29) is 5.92 Å². The van der Waals surface area contributed by atoms with Gasteiger partial charge in [-0.15, -0.1) is 0 Å². The highest BCUT2D eigenvalue weighted by Gasteiger charge is 2.34. The van der Waals surface area contributed by atoms with E-state index < -0.39 is 17.6 Å². The lowest BCUT2D eigenvalue weighted by Crippen LogP contribution is -2.07. The van der Waals surface area contributed by atoms with Crippen molar-refractivity contribution < 1.29 is 13.2 Å². The van der Waals surface area contributed by atoms with E-state index in [2.05, 4.69) is 22.2 Å². The molecule has 0 saturated heterocycles. The summed E-state index contributed by atoms with van der Waals surface area (Å²) in [7, 11) is 0. The lowest BCUT2D eigenvalue weighted by Gasteiger charge is -2.11. The van der Waals surface area contributed by atoms with Gasteiger partial charge in [0.05, 0.1) is 5.16 Å². The number of hydrogen-bond donors (Lipinski definition) is 0. The van der Waals surface area contributed by atoms with Crippen molar-refractivity contribution in [1.29, 1.82) is 0 Å². The molecule has 2 nitrogen and oxygen atoms in total. The Labute approximate surface area is 96.2 Å². The van der Waals surface area contributed by atoms with Crippen LogP contribution in [-0.2, 0) is 6.18 Å². The van der Waals surface area contributed by atoms with Gasteiger partial charge in [0.15, 0.2) is 5.82 Å². The van der Waals surface area contributed by atoms with E-state index in [1.54, 1.807) is 13.8 Å². The highest BCUT2D eigenvalue weighted by Crippen LogP contribution is 2.36. The van der Waals surface area contributed by atoms with E-state index in [0.717, 1.165) is 6.07 Å². The van der Waals surface area contributed by atoms with Crippen LogP contribution in [0, 0.1) is 0 Å². The van der Waals surface area contributed by atoms with Crippen molar-refractivity contribution >= 4 is 23.2 Å². The topological polar surface area (TPSA) is 25.2 Å². The molecular weight excluding hydrogens is 237 g/mol. The first-order chi connectivity index (χ1) is 7.36. The maximum atomic E-state index is 12.7. The van der Waals surface area contributed by atoms with E-state index >= 15 is 0 Å². The predicted molar refractivity (Wildman–Crippen MR) is 58.0 cm³/mol. The minimum Gasteiger partial charge on any atom is -0.236 e. The monoisotopic (exact) mass is 246 g/mol. The van der Waals surface area contributed by atoms with Crippen LogP contribution in [0.15, 0.2) is 17.3 Å². The van der Waals surface area contributed by atoms with Crippen molar-refractivity contribution in [2.45, 2.75) is 25.9 Å². The summed E-state index contributed by atoms with van der Waals surface area (Å²) in [6.07, 6.45) is -3.12. The molecule has 0 saturated carbocycles. The van der Waals surface area contributed by atoms with Crippen molar-refractivity contribution in [2.24, 2.45) is 4.99 Å². The maximum absolute atomic E-state index is 12.7. The zero-order valence-corrected chi connectivity index (χ0v) is 9.49. The molecule has 6 heteroatoms. The summed E-state index contributed by atoms with van der Waals surface area (Å²) >= 11 is 4.28. The number of alkyl halides is 3. The summed E-state index contributed by atoms with van der Waals surface area (Å²) in [5.41, 5.74) is -0.369. The van der Waals surface area contributed by atoms with Gasteiger partial charge in [0.25, 0.3) is 0 Å². The van der Waals surface area contributed by atoms with Crippen molar-refractivity contribution in [2.75, 3.05) is 0 Å². The van der Waals surface area contributed by atoms with E-state index in [1.165, 1.54) is 6.20 Å². The summed E-state index contributed by atoms with van der Waals surface area (Å²) in [6, 6.07) is 1.04. The summed E-state index contributed by atoms with van der Waals surface area (Å²) in [5.74, 6) is -0.467. The molecule has 0 N–H and O–H groups in total. The first kappa shape index (κ1) is 12.8. The molecule has 0 bridgehead atoms. The minimum absolute atomic E-state index is 0.0286. The number of aromatic nitrogens is 1. The van der Waals surface area contributed by atoms with Gasteiger partial charge in [0.1, 0.15) is 5.56 Å². The molecule has 86 valence electrons. The van der Waals surface area contributed by atoms with Crippen molar-refractivity contribution in [3.05, 3.63) is 23.4 Å². The molecule has 0 amide bonds. The second kappa shape index (κ2) is 4.72. The third-order valence-corrected chi connectivity index (χ3v) is 2.10. The largest absolute Gasteiger partial charge is 0.420 e. The highest BCUT2D eigenvalue weighted by atomic mass is 32.1. The molecule has 0 aliphatic carbocycles. The molecular formula is C10H9F3N2S. The molecule has 0 fully saturated rings. The number of aliphatic imine (C=N–C) groups is 1. The molecule has 0 unspecified atom stereocenters. The smallest absolute Gasteiger partial charge is 0.236 e. The molecule has 0 aliphatic rings. The summed E-state index contributed by atoms with van der Waals surface area (Å²) in [4.78, 5) is 6.95. The van der Waals surface area contributed by atoms with Gasteiger partial charge >= 0.3 is 6.18 Å². The van der Waals surface area contributed by atoms with E-state index in [0.29, 0.717) is 5.56 Å². The number of rotatable bonds is 2. The average molecular weight is 246 g/mol. The molecule has 1 rings (SSSR count). The zero-order chi connectivity index (χ0) is 12.3. The SMILES string of the molecule is CC(C)c1cnc(N=C=S)c(C(F)(F)F)c1. The summed E-state index contributed by atoms with van der Waals surface area (Å²) in [5, 5.41) is 1.89. The lowest BCUT2D eigenvalue weighted by molar-refractivity contribution is -0.137. The van der Waals surface area contributed by atoms with Gasteiger partial charge in [0.2, 0.25) is 0 Å². The number of pyridine rings is 1. The van der Waals surface area contributed by atoms with Gasteiger partial charge in [-0.25, -0.2) is 4.98 Å². The van der Waals surface area contributed by atoms with Crippen LogP contribution in [0.25, 0.3) is 0 Å². The first-order valence-corrected chi connectivity index (χ1v) is 4.92. The van der Waals surface area contributed by atoms with Gasteiger partial charge in [-0.1, -0.05) is 13.8 Å². The summed E-state index contributed by atoms with van der Waals surface area (Å²) < 4.78 is 38.0. The first-order valence-electron chi connectivity index (χ1n) is 4.51. The number of hydrogen-bond acceptors (Lipinski definition) is 3.